The summed E-state index contributed by atoms with van der Waals surface area (Å²) in [4.78, 5) is 17.5. The first-order chi connectivity index (χ1) is 12.7. The van der Waals surface area contributed by atoms with Gasteiger partial charge in [-0.2, -0.15) is 0 Å². The Bertz CT molecular complexity index is 1020. The number of aromatic nitrogens is 1. The van der Waals surface area contributed by atoms with Crippen LogP contribution in [0.4, 0.5) is 11.6 Å². The van der Waals surface area contributed by atoms with E-state index >= 15 is 0 Å². The van der Waals surface area contributed by atoms with Gasteiger partial charge in [0, 0.05) is 29.5 Å². The molecule has 0 saturated heterocycles. The van der Waals surface area contributed by atoms with Crippen LogP contribution in [0.3, 0.4) is 0 Å². The maximum absolute atomic E-state index is 11.4. The Morgan fingerprint density at radius 3 is 2.69 bits per heavy atom. The summed E-state index contributed by atoms with van der Waals surface area (Å²) in [5.74, 6) is -0.310. The highest BCUT2D eigenvalue weighted by atomic mass is 16.4. The van der Waals surface area contributed by atoms with E-state index in [1.807, 2.05) is 53.4 Å². The van der Waals surface area contributed by atoms with E-state index in [9.17, 15) is 9.90 Å². The number of nitrogens with zero attached hydrogens (tertiary/aromatic N) is 2. The molecule has 5 nitrogen and oxygen atoms in total. The number of carboxylic acid groups (broad SMARTS) is 1. The minimum absolute atomic E-state index is 0.231. The zero-order valence-corrected chi connectivity index (χ0v) is 13.9. The summed E-state index contributed by atoms with van der Waals surface area (Å²) >= 11 is 0. The van der Waals surface area contributed by atoms with E-state index in [0.29, 0.717) is 12.4 Å². The molecule has 2 heterocycles. The second-order valence-corrected chi connectivity index (χ2v) is 5.93. The normalized spacial score (nSPS) is 10.8. The fourth-order valence-corrected chi connectivity index (χ4v) is 2.88. The number of aromatic carboxylic acids is 1. The van der Waals surface area contributed by atoms with Gasteiger partial charge in [-0.3, -0.25) is 4.98 Å². The molecule has 0 atom stereocenters. The van der Waals surface area contributed by atoms with E-state index in [1.54, 1.807) is 30.6 Å². The van der Waals surface area contributed by atoms with Crippen LogP contribution in [0.25, 0.3) is 11.0 Å². The molecule has 1 N–H and O–H groups in total. The molecule has 0 aliphatic heterocycles. The Morgan fingerprint density at radius 1 is 1.04 bits per heavy atom. The molecular formula is C21H16N2O3. The van der Waals surface area contributed by atoms with Crippen LogP contribution in [0.2, 0.25) is 0 Å². The van der Waals surface area contributed by atoms with Crippen molar-refractivity contribution in [3.05, 3.63) is 90.3 Å². The fourth-order valence-electron chi connectivity index (χ4n) is 2.88. The van der Waals surface area contributed by atoms with Crippen molar-refractivity contribution in [1.82, 2.24) is 4.98 Å². The van der Waals surface area contributed by atoms with E-state index in [4.69, 9.17) is 4.42 Å². The Balaban J connectivity index is 1.81. The predicted molar refractivity (Wildman–Crippen MR) is 99.7 cm³/mol. The summed E-state index contributed by atoms with van der Waals surface area (Å²) < 4.78 is 6.02. The smallest absolute Gasteiger partial charge is 0.335 e. The monoisotopic (exact) mass is 344 g/mol. The largest absolute Gasteiger partial charge is 0.478 e. The van der Waals surface area contributed by atoms with E-state index in [2.05, 4.69) is 4.98 Å². The summed E-state index contributed by atoms with van der Waals surface area (Å²) in [6.07, 6.45) is 3.51. The number of hydrogen-bond donors (Lipinski definition) is 1. The zero-order valence-electron chi connectivity index (χ0n) is 13.9. The van der Waals surface area contributed by atoms with E-state index in [-0.39, 0.29) is 5.56 Å². The van der Waals surface area contributed by atoms with Gasteiger partial charge in [0.25, 0.3) is 0 Å². The van der Waals surface area contributed by atoms with Crippen molar-refractivity contribution in [3.63, 3.8) is 0 Å². The van der Waals surface area contributed by atoms with Crippen LogP contribution >= 0.6 is 0 Å². The van der Waals surface area contributed by atoms with Gasteiger partial charge in [-0.25, -0.2) is 4.79 Å². The molecule has 0 saturated carbocycles. The summed E-state index contributed by atoms with van der Waals surface area (Å²) in [5, 5.41) is 10.3. The first-order valence-corrected chi connectivity index (χ1v) is 8.19. The first-order valence-electron chi connectivity index (χ1n) is 8.19. The Hall–Kier alpha value is -3.60. The molecule has 5 heteroatoms. The van der Waals surface area contributed by atoms with Crippen molar-refractivity contribution in [3.8, 4) is 0 Å². The average molecular weight is 344 g/mol. The summed E-state index contributed by atoms with van der Waals surface area (Å²) in [7, 11) is 0. The molecule has 0 aliphatic rings. The molecule has 128 valence electrons. The van der Waals surface area contributed by atoms with Crippen molar-refractivity contribution in [1.29, 1.82) is 0 Å². The zero-order chi connectivity index (χ0) is 17.9. The van der Waals surface area contributed by atoms with Gasteiger partial charge < -0.3 is 14.4 Å². The Morgan fingerprint density at radius 2 is 1.92 bits per heavy atom. The number of para-hydroxylation sites is 1. The molecular weight excluding hydrogens is 328 g/mol. The SMILES string of the molecule is O=C(O)c1cccc(N(Cc2cccnc2)c2cc3ccccc3o2)c1. The topological polar surface area (TPSA) is 66.6 Å². The number of carboxylic acids is 1. The molecule has 0 aliphatic carbocycles. The number of pyridine rings is 1. The molecule has 26 heavy (non-hydrogen) atoms. The van der Waals surface area contributed by atoms with Crippen molar-refractivity contribution >= 4 is 28.5 Å². The third kappa shape index (κ3) is 3.15. The molecule has 4 rings (SSSR count). The van der Waals surface area contributed by atoms with Gasteiger partial charge in [-0.1, -0.05) is 30.3 Å². The standard InChI is InChI=1S/C21H16N2O3/c24-21(25)17-7-3-8-18(11-17)23(14-15-5-4-10-22-13-15)20-12-16-6-1-2-9-19(16)26-20/h1-13H,14H2,(H,24,25). The van der Waals surface area contributed by atoms with Crippen LogP contribution < -0.4 is 4.90 Å². The van der Waals surface area contributed by atoms with E-state index < -0.39 is 5.97 Å². The molecule has 0 amide bonds. The lowest BCUT2D eigenvalue weighted by molar-refractivity contribution is 0.0697. The van der Waals surface area contributed by atoms with Gasteiger partial charge in [0.2, 0.25) is 5.88 Å². The van der Waals surface area contributed by atoms with Crippen LogP contribution in [0, 0.1) is 0 Å². The maximum Gasteiger partial charge on any atom is 0.335 e. The summed E-state index contributed by atoms with van der Waals surface area (Å²) in [5.41, 5.74) is 2.75. The highest BCUT2D eigenvalue weighted by Crippen LogP contribution is 2.33. The first kappa shape index (κ1) is 15.9. The van der Waals surface area contributed by atoms with Gasteiger partial charge in [0.1, 0.15) is 5.58 Å². The number of hydrogen-bond acceptors (Lipinski definition) is 4. The highest BCUT2D eigenvalue weighted by Gasteiger charge is 2.16. The van der Waals surface area contributed by atoms with Crippen LogP contribution in [0.15, 0.2) is 83.5 Å². The van der Waals surface area contributed by atoms with Crippen LogP contribution in [-0.4, -0.2) is 16.1 Å². The Kier molecular flexibility index (Phi) is 4.11. The van der Waals surface area contributed by atoms with Gasteiger partial charge in [0.15, 0.2) is 0 Å². The third-order valence-electron chi connectivity index (χ3n) is 4.15. The number of carbonyl (C=O) groups is 1. The van der Waals surface area contributed by atoms with Crippen LogP contribution in [0.5, 0.6) is 0 Å². The van der Waals surface area contributed by atoms with Crippen molar-refractivity contribution < 1.29 is 14.3 Å². The number of benzene rings is 2. The van der Waals surface area contributed by atoms with Crippen molar-refractivity contribution in [2.75, 3.05) is 4.90 Å². The number of anilines is 2. The maximum atomic E-state index is 11.4. The van der Waals surface area contributed by atoms with Gasteiger partial charge >= 0.3 is 5.97 Å². The second-order valence-electron chi connectivity index (χ2n) is 5.93. The lowest BCUT2D eigenvalue weighted by atomic mass is 10.1. The number of rotatable bonds is 5. The van der Waals surface area contributed by atoms with Gasteiger partial charge in [-0.15, -0.1) is 0 Å². The molecule has 0 unspecified atom stereocenters. The second kappa shape index (κ2) is 6.72. The fraction of sp³-hybridized carbons (Fsp3) is 0.0476. The Labute approximate surface area is 150 Å². The highest BCUT2D eigenvalue weighted by molar-refractivity contribution is 5.89. The number of fused-ring (bicyclic) bond motifs is 1. The number of furan rings is 1. The van der Waals surface area contributed by atoms with E-state index in [1.165, 1.54) is 0 Å². The molecule has 0 spiro atoms. The van der Waals surface area contributed by atoms with Gasteiger partial charge in [0.05, 0.1) is 12.1 Å². The minimum atomic E-state index is -0.960. The van der Waals surface area contributed by atoms with E-state index in [0.717, 1.165) is 22.2 Å². The summed E-state index contributed by atoms with van der Waals surface area (Å²) in [6, 6.07) is 20.4. The quantitative estimate of drug-likeness (QED) is 0.560. The van der Waals surface area contributed by atoms with Crippen molar-refractivity contribution in [2.45, 2.75) is 6.54 Å². The average Bonchev–Trinajstić information content (AvgIpc) is 3.11. The van der Waals surface area contributed by atoms with Crippen LogP contribution in [0.1, 0.15) is 15.9 Å². The van der Waals surface area contributed by atoms with Gasteiger partial charge in [-0.05, 0) is 35.9 Å². The lowest BCUT2D eigenvalue weighted by Gasteiger charge is -2.22. The summed E-state index contributed by atoms with van der Waals surface area (Å²) in [6.45, 7) is 0.511. The lowest BCUT2D eigenvalue weighted by Crippen LogP contribution is -2.16. The molecule has 2 aromatic carbocycles. The minimum Gasteiger partial charge on any atom is -0.478 e. The third-order valence-corrected chi connectivity index (χ3v) is 4.15. The van der Waals surface area contributed by atoms with Crippen molar-refractivity contribution in [2.24, 2.45) is 0 Å². The molecule has 0 radical (unpaired) electrons. The molecule has 4 aromatic rings. The molecule has 0 bridgehead atoms. The molecule has 0 fully saturated rings. The predicted octanol–water partition coefficient (Wildman–Crippen LogP) is 4.86. The molecule has 2 aromatic heterocycles. The van der Waals surface area contributed by atoms with Crippen LogP contribution in [-0.2, 0) is 6.54 Å².